The molecule has 9 heteroatoms. The Labute approximate surface area is 136 Å². The third-order valence-electron chi connectivity index (χ3n) is 3.47. The van der Waals surface area contributed by atoms with Crippen LogP contribution in [-0.4, -0.2) is 13.0 Å². The number of hydrogen-bond acceptors (Lipinski definition) is 2. The molecule has 126 valence electrons. The van der Waals surface area contributed by atoms with Crippen LogP contribution in [0, 0.1) is 6.92 Å². The number of aromatic nitrogens is 1. The van der Waals surface area contributed by atoms with Crippen LogP contribution in [0.3, 0.4) is 0 Å². The number of aryl methyl sites for hydroxylation is 1. The van der Waals surface area contributed by atoms with Gasteiger partial charge in [0, 0.05) is 18.4 Å². The van der Waals surface area contributed by atoms with Crippen molar-refractivity contribution in [2.24, 2.45) is 7.05 Å². The molecule has 1 aromatic heterocycles. The quantitative estimate of drug-likeness (QED) is 0.900. The standard InChI is InChI=1S/C14H14ClF3N2O2S/c1-9-3-5-11(20(9)2)8-19-23(21,22)13-7-10(14(16,17)18)4-6-12(13)15/h3-7,19H,8H2,1-2H3. The van der Waals surface area contributed by atoms with Crippen LogP contribution >= 0.6 is 11.6 Å². The highest BCUT2D eigenvalue weighted by atomic mass is 35.5. The number of halogens is 4. The fourth-order valence-electron chi connectivity index (χ4n) is 1.98. The molecule has 1 heterocycles. The molecule has 0 aliphatic rings. The molecule has 1 N–H and O–H groups in total. The van der Waals surface area contributed by atoms with Crippen molar-refractivity contribution >= 4 is 21.6 Å². The first-order valence-corrected chi connectivity index (χ1v) is 8.36. The summed E-state index contributed by atoms with van der Waals surface area (Å²) in [5.74, 6) is 0. The third-order valence-corrected chi connectivity index (χ3v) is 5.35. The zero-order valence-corrected chi connectivity index (χ0v) is 13.9. The van der Waals surface area contributed by atoms with E-state index >= 15 is 0 Å². The van der Waals surface area contributed by atoms with Crippen LogP contribution in [0.2, 0.25) is 5.02 Å². The van der Waals surface area contributed by atoms with Gasteiger partial charge >= 0.3 is 6.18 Å². The Balaban J connectivity index is 2.31. The van der Waals surface area contributed by atoms with Crippen LogP contribution in [-0.2, 0) is 29.8 Å². The molecule has 0 fully saturated rings. The van der Waals surface area contributed by atoms with Gasteiger partial charge in [0.15, 0.2) is 0 Å². The van der Waals surface area contributed by atoms with Crippen molar-refractivity contribution in [3.8, 4) is 0 Å². The van der Waals surface area contributed by atoms with Gasteiger partial charge in [-0.1, -0.05) is 11.6 Å². The third kappa shape index (κ3) is 3.88. The lowest BCUT2D eigenvalue weighted by molar-refractivity contribution is -0.137. The van der Waals surface area contributed by atoms with Crippen LogP contribution < -0.4 is 4.72 Å². The Morgan fingerprint density at radius 2 is 1.87 bits per heavy atom. The highest BCUT2D eigenvalue weighted by Gasteiger charge is 2.32. The van der Waals surface area contributed by atoms with Gasteiger partial charge in [-0.3, -0.25) is 0 Å². The minimum atomic E-state index is -4.65. The molecule has 2 rings (SSSR count). The number of nitrogens with zero attached hydrogens (tertiary/aromatic N) is 1. The topological polar surface area (TPSA) is 51.1 Å². The molecule has 0 aliphatic heterocycles. The van der Waals surface area contributed by atoms with Gasteiger partial charge in [-0.05, 0) is 37.3 Å². The van der Waals surface area contributed by atoms with Crippen LogP contribution in [0.15, 0.2) is 35.2 Å². The summed E-state index contributed by atoms with van der Waals surface area (Å²) in [6.07, 6.45) is -4.65. The van der Waals surface area contributed by atoms with E-state index in [0.717, 1.165) is 17.8 Å². The average molecular weight is 367 g/mol. The van der Waals surface area contributed by atoms with E-state index in [0.29, 0.717) is 11.8 Å². The average Bonchev–Trinajstić information content (AvgIpc) is 2.75. The lowest BCUT2D eigenvalue weighted by Crippen LogP contribution is -2.25. The number of benzene rings is 1. The molecule has 0 bridgehead atoms. The Kier molecular flexibility index (Phi) is 4.79. The first-order chi connectivity index (χ1) is 10.5. The van der Waals surface area contributed by atoms with E-state index in [1.165, 1.54) is 0 Å². The van der Waals surface area contributed by atoms with Crippen molar-refractivity contribution in [1.29, 1.82) is 0 Å². The SMILES string of the molecule is Cc1ccc(CNS(=O)(=O)c2cc(C(F)(F)F)ccc2Cl)n1C. The minimum Gasteiger partial charge on any atom is -0.351 e. The van der Waals surface area contributed by atoms with Crippen molar-refractivity contribution < 1.29 is 21.6 Å². The van der Waals surface area contributed by atoms with Gasteiger partial charge in [0.05, 0.1) is 17.1 Å². The van der Waals surface area contributed by atoms with E-state index in [2.05, 4.69) is 4.72 Å². The molecule has 0 saturated heterocycles. The first-order valence-electron chi connectivity index (χ1n) is 6.50. The van der Waals surface area contributed by atoms with E-state index in [-0.39, 0.29) is 11.6 Å². The molecule has 0 saturated carbocycles. The lowest BCUT2D eigenvalue weighted by atomic mass is 10.2. The van der Waals surface area contributed by atoms with Crippen LogP contribution in [0.1, 0.15) is 17.0 Å². The van der Waals surface area contributed by atoms with Gasteiger partial charge in [0.2, 0.25) is 10.0 Å². The van der Waals surface area contributed by atoms with Crippen LogP contribution in [0.5, 0.6) is 0 Å². The summed E-state index contributed by atoms with van der Waals surface area (Å²) < 4.78 is 66.7. The summed E-state index contributed by atoms with van der Waals surface area (Å²) in [6.45, 7) is 1.79. The fraction of sp³-hybridized carbons (Fsp3) is 0.286. The normalized spacial score (nSPS) is 12.6. The Morgan fingerprint density at radius 3 is 2.39 bits per heavy atom. The summed E-state index contributed by atoms with van der Waals surface area (Å²) in [6, 6.07) is 5.72. The van der Waals surface area contributed by atoms with E-state index in [1.54, 1.807) is 23.7 Å². The summed E-state index contributed by atoms with van der Waals surface area (Å²) in [4.78, 5) is -0.597. The van der Waals surface area contributed by atoms with Crippen LogP contribution in [0.25, 0.3) is 0 Å². The lowest BCUT2D eigenvalue weighted by Gasteiger charge is -2.12. The highest BCUT2D eigenvalue weighted by Crippen LogP contribution is 2.33. The predicted molar refractivity (Wildman–Crippen MR) is 80.6 cm³/mol. The van der Waals surface area contributed by atoms with Gasteiger partial charge in [0.25, 0.3) is 0 Å². The van der Waals surface area contributed by atoms with Gasteiger partial charge in [-0.15, -0.1) is 0 Å². The number of alkyl halides is 3. The zero-order valence-electron chi connectivity index (χ0n) is 12.3. The molecule has 4 nitrogen and oxygen atoms in total. The Hall–Kier alpha value is -1.51. The summed E-state index contributed by atoms with van der Waals surface area (Å²) in [5, 5.41) is -0.270. The Bertz CT molecular complexity index is 829. The fourth-order valence-corrected chi connectivity index (χ4v) is 3.50. The highest BCUT2D eigenvalue weighted by molar-refractivity contribution is 7.89. The van der Waals surface area contributed by atoms with Gasteiger partial charge in [0.1, 0.15) is 4.90 Å². The Morgan fingerprint density at radius 1 is 1.22 bits per heavy atom. The molecule has 0 amide bonds. The molecule has 1 aromatic carbocycles. The molecule has 23 heavy (non-hydrogen) atoms. The zero-order chi connectivity index (χ0) is 17.4. The van der Waals surface area contributed by atoms with Crippen molar-refractivity contribution in [2.45, 2.75) is 24.5 Å². The largest absolute Gasteiger partial charge is 0.416 e. The van der Waals surface area contributed by atoms with Gasteiger partial charge in [-0.25, -0.2) is 13.1 Å². The van der Waals surface area contributed by atoms with E-state index in [1.807, 2.05) is 6.92 Å². The number of rotatable bonds is 4. The van der Waals surface area contributed by atoms with Gasteiger partial charge in [-0.2, -0.15) is 13.2 Å². The predicted octanol–water partition coefficient (Wildman–Crippen LogP) is 3.48. The second kappa shape index (κ2) is 6.18. The maximum Gasteiger partial charge on any atom is 0.416 e. The van der Waals surface area contributed by atoms with Crippen molar-refractivity contribution in [1.82, 2.24) is 9.29 Å². The molecular weight excluding hydrogens is 353 g/mol. The minimum absolute atomic E-state index is 0.0563. The summed E-state index contributed by atoms with van der Waals surface area (Å²) >= 11 is 5.76. The second-order valence-corrected chi connectivity index (χ2v) is 7.14. The number of nitrogens with one attached hydrogen (secondary N) is 1. The molecular formula is C14H14ClF3N2O2S. The maximum absolute atomic E-state index is 12.7. The number of hydrogen-bond donors (Lipinski definition) is 1. The molecule has 0 radical (unpaired) electrons. The molecule has 0 aliphatic carbocycles. The molecule has 0 atom stereocenters. The number of sulfonamides is 1. The molecule has 2 aromatic rings. The van der Waals surface area contributed by atoms with Gasteiger partial charge < -0.3 is 4.57 Å². The smallest absolute Gasteiger partial charge is 0.351 e. The van der Waals surface area contributed by atoms with E-state index < -0.39 is 26.7 Å². The first kappa shape index (κ1) is 17.8. The summed E-state index contributed by atoms with van der Waals surface area (Å²) in [5.41, 5.74) is 0.530. The second-order valence-electron chi connectivity index (χ2n) is 4.99. The van der Waals surface area contributed by atoms with E-state index in [9.17, 15) is 21.6 Å². The summed E-state index contributed by atoms with van der Waals surface area (Å²) in [7, 11) is -2.41. The van der Waals surface area contributed by atoms with Crippen molar-refractivity contribution in [3.63, 3.8) is 0 Å². The maximum atomic E-state index is 12.7. The van der Waals surface area contributed by atoms with Crippen molar-refractivity contribution in [2.75, 3.05) is 0 Å². The molecule has 0 unspecified atom stereocenters. The van der Waals surface area contributed by atoms with E-state index in [4.69, 9.17) is 11.6 Å². The monoisotopic (exact) mass is 366 g/mol. The van der Waals surface area contributed by atoms with Crippen LogP contribution in [0.4, 0.5) is 13.2 Å². The molecule has 0 spiro atoms. The van der Waals surface area contributed by atoms with Crippen molar-refractivity contribution in [3.05, 3.63) is 52.3 Å².